The Morgan fingerprint density at radius 1 is 0.963 bits per heavy atom. The molecule has 27 heavy (non-hydrogen) atoms. The monoisotopic (exact) mass is 378 g/mol. The van der Waals surface area contributed by atoms with Crippen molar-refractivity contribution in [2.24, 2.45) is 11.8 Å². The number of amides is 2. The van der Waals surface area contributed by atoms with Crippen LogP contribution in [0.2, 0.25) is 0 Å². The zero-order valence-electron chi connectivity index (χ0n) is 16.4. The van der Waals surface area contributed by atoms with E-state index in [2.05, 4.69) is 10.6 Å². The molecule has 0 bridgehead atoms. The van der Waals surface area contributed by atoms with Crippen molar-refractivity contribution in [1.29, 1.82) is 0 Å². The minimum absolute atomic E-state index is 0.0894. The number of nitrogens with one attached hydrogen (secondary N) is 2. The number of carbonyl (C=O) groups excluding carboxylic acids is 2. The highest BCUT2D eigenvalue weighted by Gasteiger charge is 2.32. The summed E-state index contributed by atoms with van der Waals surface area (Å²) in [4.78, 5) is 36.2. The van der Waals surface area contributed by atoms with Crippen LogP contribution in [0.5, 0.6) is 0 Å². The quantitative estimate of drug-likeness (QED) is 0.581. The van der Waals surface area contributed by atoms with Gasteiger partial charge in [0, 0.05) is 0 Å². The highest BCUT2D eigenvalue weighted by molar-refractivity contribution is 5.89. The van der Waals surface area contributed by atoms with E-state index in [-0.39, 0.29) is 18.4 Å². The molecule has 0 saturated carbocycles. The predicted molar refractivity (Wildman–Crippen MR) is 102 cm³/mol. The first-order valence-electron chi connectivity index (χ1n) is 9.30. The van der Waals surface area contributed by atoms with Gasteiger partial charge in [0.15, 0.2) is 0 Å². The highest BCUT2D eigenvalue weighted by atomic mass is 16.5. The molecule has 7 nitrogen and oxygen atoms in total. The van der Waals surface area contributed by atoms with Crippen LogP contribution >= 0.6 is 0 Å². The van der Waals surface area contributed by atoms with Crippen molar-refractivity contribution in [3.8, 4) is 0 Å². The Balaban J connectivity index is 2.74. The van der Waals surface area contributed by atoms with E-state index in [0.717, 1.165) is 5.56 Å². The summed E-state index contributed by atoms with van der Waals surface area (Å²) < 4.78 is 5.18. The number of rotatable bonds is 10. The van der Waals surface area contributed by atoms with Crippen LogP contribution in [0, 0.1) is 11.8 Å². The van der Waals surface area contributed by atoms with Gasteiger partial charge in [-0.2, -0.15) is 0 Å². The third kappa shape index (κ3) is 7.29. The van der Waals surface area contributed by atoms with Gasteiger partial charge in [-0.1, -0.05) is 70.9 Å². The second-order valence-electron chi connectivity index (χ2n) is 6.78. The Hall–Kier alpha value is -2.57. The Morgan fingerprint density at radius 3 is 2.04 bits per heavy atom. The third-order valence-corrected chi connectivity index (χ3v) is 4.76. The van der Waals surface area contributed by atoms with E-state index in [9.17, 15) is 19.5 Å². The molecule has 0 heterocycles. The zero-order chi connectivity index (χ0) is 20.4. The van der Waals surface area contributed by atoms with Crippen molar-refractivity contribution in [3.63, 3.8) is 0 Å². The fourth-order valence-electron chi connectivity index (χ4n) is 2.52. The molecule has 2 amide bonds. The topological polar surface area (TPSA) is 105 Å². The van der Waals surface area contributed by atoms with Gasteiger partial charge in [0.2, 0.25) is 5.91 Å². The van der Waals surface area contributed by atoms with Crippen LogP contribution in [-0.4, -0.2) is 35.2 Å². The summed E-state index contributed by atoms with van der Waals surface area (Å²) in [7, 11) is 0. The number of aliphatic carboxylic acids is 1. The number of ether oxygens (including phenoxy) is 1. The van der Waals surface area contributed by atoms with Crippen LogP contribution in [0.15, 0.2) is 30.3 Å². The van der Waals surface area contributed by atoms with E-state index in [0.29, 0.717) is 12.8 Å². The molecule has 0 aromatic heterocycles. The summed E-state index contributed by atoms with van der Waals surface area (Å²) >= 11 is 0. The maximum atomic E-state index is 12.6. The predicted octanol–water partition coefficient (Wildman–Crippen LogP) is 2.94. The average molecular weight is 378 g/mol. The lowest BCUT2D eigenvalue weighted by molar-refractivity contribution is -0.143. The first-order valence-corrected chi connectivity index (χ1v) is 9.30. The van der Waals surface area contributed by atoms with Crippen LogP contribution in [0.25, 0.3) is 0 Å². The lowest BCUT2D eigenvalue weighted by Gasteiger charge is -2.27. The fraction of sp³-hybridized carbons (Fsp3) is 0.550. The number of hydrogen-bond acceptors (Lipinski definition) is 4. The molecular formula is C20H30N2O5. The molecule has 0 saturated heterocycles. The second-order valence-corrected chi connectivity index (χ2v) is 6.78. The number of alkyl carbamates (subject to hydrolysis) is 1. The van der Waals surface area contributed by atoms with Gasteiger partial charge in [0.1, 0.15) is 18.7 Å². The number of carboxylic acid groups (broad SMARTS) is 1. The molecule has 0 aliphatic rings. The molecule has 7 heteroatoms. The standard InChI is InChI=1S/C20H30N2O5/c1-5-13(3)16(18(23)21-17(19(24)25)14(4)6-2)22-20(26)27-12-15-10-8-7-9-11-15/h7-11,13-14,16-17H,5-6,12H2,1-4H3,(H,21,23)(H,22,26)(H,24,25)/t13-,14-,16+,17-/m0/s1. The molecule has 0 aliphatic heterocycles. The molecular weight excluding hydrogens is 348 g/mol. The van der Waals surface area contributed by atoms with Crippen LogP contribution in [0.4, 0.5) is 4.79 Å². The van der Waals surface area contributed by atoms with Gasteiger partial charge < -0.3 is 20.5 Å². The van der Waals surface area contributed by atoms with E-state index in [1.165, 1.54) is 0 Å². The van der Waals surface area contributed by atoms with E-state index in [4.69, 9.17) is 4.74 Å². The zero-order valence-corrected chi connectivity index (χ0v) is 16.4. The first-order chi connectivity index (χ1) is 12.8. The summed E-state index contributed by atoms with van der Waals surface area (Å²) in [6.07, 6.45) is 0.533. The van der Waals surface area contributed by atoms with Gasteiger partial charge in [-0.15, -0.1) is 0 Å². The van der Waals surface area contributed by atoms with E-state index >= 15 is 0 Å². The van der Waals surface area contributed by atoms with Gasteiger partial charge in [-0.3, -0.25) is 4.79 Å². The summed E-state index contributed by atoms with van der Waals surface area (Å²) in [5.41, 5.74) is 0.833. The minimum atomic E-state index is -1.09. The maximum Gasteiger partial charge on any atom is 0.408 e. The molecule has 1 aromatic rings. The Kier molecular flexibility index (Phi) is 9.33. The SMILES string of the molecule is CC[C@H](C)[C@H](NC(=O)[C@H](NC(=O)OCc1ccccc1)[C@@H](C)CC)C(=O)O. The summed E-state index contributed by atoms with van der Waals surface area (Å²) in [6.45, 7) is 7.43. The van der Waals surface area contributed by atoms with Gasteiger partial charge in [-0.25, -0.2) is 9.59 Å². The van der Waals surface area contributed by atoms with E-state index in [1.54, 1.807) is 6.92 Å². The van der Waals surface area contributed by atoms with Gasteiger partial charge in [-0.05, 0) is 17.4 Å². The van der Waals surface area contributed by atoms with Gasteiger partial charge in [0.25, 0.3) is 0 Å². The maximum absolute atomic E-state index is 12.6. The summed E-state index contributed by atoms with van der Waals surface area (Å²) in [5, 5.41) is 14.5. The third-order valence-electron chi connectivity index (χ3n) is 4.76. The van der Waals surface area contributed by atoms with E-state index < -0.39 is 30.1 Å². The molecule has 3 N–H and O–H groups in total. The number of hydrogen-bond donors (Lipinski definition) is 3. The largest absolute Gasteiger partial charge is 0.480 e. The van der Waals surface area contributed by atoms with Gasteiger partial charge in [0.05, 0.1) is 0 Å². The highest BCUT2D eigenvalue weighted by Crippen LogP contribution is 2.12. The van der Waals surface area contributed by atoms with Crippen molar-refractivity contribution >= 4 is 18.0 Å². The average Bonchev–Trinajstić information content (AvgIpc) is 2.67. The molecule has 0 unspecified atom stereocenters. The van der Waals surface area contributed by atoms with Gasteiger partial charge >= 0.3 is 12.1 Å². The Bertz CT molecular complexity index is 620. The molecule has 4 atom stereocenters. The minimum Gasteiger partial charge on any atom is -0.480 e. The number of carbonyl (C=O) groups is 3. The summed E-state index contributed by atoms with van der Waals surface area (Å²) in [6, 6.07) is 7.33. The van der Waals surface area contributed by atoms with Crippen molar-refractivity contribution in [2.75, 3.05) is 0 Å². The molecule has 1 rings (SSSR count). The lowest BCUT2D eigenvalue weighted by atomic mass is 9.95. The van der Waals surface area contributed by atoms with Crippen molar-refractivity contribution in [2.45, 2.75) is 59.2 Å². The van der Waals surface area contributed by atoms with Crippen molar-refractivity contribution in [3.05, 3.63) is 35.9 Å². The number of carboxylic acids is 1. The molecule has 0 radical (unpaired) electrons. The van der Waals surface area contributed by atoms with Crippen LogP contribution in [0.3, 0.4) is 0 Å². The summed E-state index contributed by atoms with van der Waals surface area (Å²) in [5.74, 6) is -2.02. The molecule has 1 aromatic carbocycles. The molecule has 150 valence electrons. The normalized spacial score (nSPS) is 15.1. The van der Waals surface area contributed by atoms with Crippen molar-refractivity contribution in [1.82, 2.24) is 10.6 Å². The smallest absolute Gasteiger partial charge is 0.408 e. The first kappa shape index (κ1) is 22.5. The fourth-order valence-corrected chi connectivity index (χ4v) is 2.52. The van der Waals surface area contributed by atoms with Crippen molar-refractivity contribution < 1.29 is 24.2 Å². The number of benzene rings is 1. The van der Waals surface area contributed by atoms with Crippen LogP contribution in [0.1, 0.15) is 46.1 Å². The van der Waals surface area contributed by atoms with E-state index in [1.807, 2.05) is 51.1 Å². The van der Waals surface area contributed by atoms with Crippen LogP contribution < -0.4 is 10.6 Å². The molecule has 0 spiro atoms. The molecule has 0 aliphatic carbocycles. The van der Waals surface area contributed by atoms with Crippen LogP contribution in [-0.2, 0) is 20.9 Å². The second kappa shape index (κ2) is 11.2. The Morgan fingerprint density at radius 2 is 1.52 bits per heavy atom. The molecule has 0 fully saturated rings. The Labute approximate surface area is 160 Å². The lowest BCUT2D eigenvalue weighted by Crippen LogP contribution is -2.55.